The average Bonchev–Trinajstić information content (AvgIpc) is 2.63. The van der Waals surface area contributed by atoms with Crippen LogP contribution >= 0.6 is 0 Å². The molecule has 0 spiro atoms. The van der Waals surface area contributed by atoms with E-state index in [1.54, 1.807) is 6.20 Å². The number of nitrogens with zero attached hydrogens (tertiary/aromatic N) is 3. The molecule has 0 aliphatic heterocycles. The predicted molar refractivity (Wildman–Crippen MR) is 97.6 cm³/mol. The summed E-state index contributed by atoms with van der Waals surface area (Å²) in [5, 5.41) is 0.972. The summed E-state index contributed by atoms with van der Waals surface area (Å²) in [6.45, 7) is 0.101. The minimum atomic E-state index is -4.04. The van der Waals surface area contributed by atoms with Crippen LogP contribution in [0, 0.1) is 0 Å². The third-order valence-corrected chi connectivity index (χ3v) is 5.55. The molecule has 0 aliphatic rings. The summed E-state index contributed by atoms with van der Waals surface area (Å²) in [7, 11) is -1.41. The molecule has 0 fully saturated rings. The third kappa shape index (κ3) is 3.31. The van der Waals surface area contributed by atoms with Crippen molar-refractivity contribution in [2.24, 2.45) is 14.1 Å². The molecule has 0 aliphatic carbocycles. The largest absolute Gasteiger partial charge is 0.330 e. The van der Waals surface area contributed by atoms with Crippen LogP contribution in [-0.2, 0) is 30.5 Å². The summed E-state index contributed by atoms with van der Waals surface area (Å²) in [5.41, 5.74) is 0.273. The second kappa shape index (κ2) is 6.85. The molecule has 8 nitrogen and oxygen atoms in total. The minimum Gasteiger partial charge on any atom is -0.302 e. The summed E-state index contributed by atoms with van der Waals surface area (Å²) in [6, 6.07) is 9.48. The summed E-state index contributed by atoms with van der Waals surface area (Å²) in [6.07, 6.45) is 3.14. The van der Waals surface area contributed by atoms with Crippen molar-refractivity contribution in [1.29, 1.82) is 0 Å². The van der Waals surface area contributed by atoms with Crippen molar-refractivity contribution in [2.45, 2.75) is 11.3 Å². The van der Waals surface area contributed by atoms with Gasteiger partial charge < -0.3 is 4.57 Å². The Balaban J connectivity index is 1.83. The molecule has 0 amide bonds. The van der Waals surface area contributed by atoms with Gasteiger partial charge in [-0.15, -0.1) is 0 Å². The number of sulfonamides is 1. The lowest BCUT2D eigenvalue weighted by Gasteiger charge is -2.10. The number of hydrogen-bond acceptors (Lipinski definition) is 5. The van der Waals surface area contributed by atoms with Gasteiger partial charge in [0.2, 0.25) is 10.0 Å². The lowest BCUT2D eigenvalue weighted by molar-refractivity contribution is 0.571. The van der Waals surface area contributed by atoms with Crippen molar-refractivity contribution in [3.63, 3.8) is 0 Å². The van der Waals surface area contributed by atoms with Crippen LogP contribution in [0.5, 0.6) is 0 Å². The zero-order valence-corrected chi connectivity index (χ0v) is 15.2. The number of nitrogens with one attached hydrogen (secondary N) is 1. The molecular weight excluding hydrogens is 356 g/mol. The highest BCUT2D eigenvalue weighted by Gasteiger charge is 2.21. The highest BCUT2D eigenvalue weighted by molar-refractivity contribution is 7.89. The smallest absolute Gasteiger partial charge is 0.302 e. The van der Waals surface area contributed by atoms with Gasteiger partial charge in [-0.25, -0.2) is 17.9 Å². The summed E-state index contributed by atoms with van der Waals surface area (Å²) >= 11 is 0. The number of fused-ring (bicyclic) bond motifs is 1. The van der Waals surface area contributed by atoms with Gasteiger partial charge in [0.05, 0.1) is 5.52 Å². The van der Waals surface area contributed by atoms with Crippen LogP contribution < -0.4 is 16.0 Å². The van der Waals surface area contributed by atoms with Crippen LogP contribution in [0.3, 0.4) is 0 Å². The van der Waals surface area contributed by atoms with E-state index in [0.717, 1.165) is 31.8 Å². The standard InChI is InChI=1S/C17H18N4O4S/c1-20-11-14(16(22)21(2)17(20)23)26(24,25)19-10-8-13-6-3-5-12-7-4-9-18-15(12)13/h3-7,9,11,19H,8,10H2,1-2H3. The maximum atomic E-state index is 12.5. The lowest BCUT2D eigenvalue weighted by Crippen LogP contribution is -2.41. The average molecular weight is 374 g/mol. The Morgan fingerprint density at radius 2 is 1.85 bits per heavy atom. The fraction of sp³-hybridized carbons (Fsp3) is 0.235. The second-order valence-electron chi connectivity index (χ2n) is 5.89. The molecule has 0 unspecified atom stereocenters. The number of para-hydroxylation sites is 1. The SMILES string of the molecule is Cn1cc(S(=O)(=O)NCCc2cccc3cccnc23)c(=O)n(C)c1=O. The molecule has 0 atom stereocenters. The first-order chi connectivity index (χ1) is 12.3. The topological polar surface area (TPSA) is 103 Å². The van der Waals surface area contributed by atoms with E-state index >= 15 is 0 Å². The van der Waals surface area contributed by atoms with Crippen molar-refractivity contribution < 1.29 is 8.42 Å². The van der Waals surface area contributed by atoms with E-state index in [1.165, 1.54) is 14.1 Å². The molecule has 3 aromatic rings. The minimum absolute atomic E-state index is 0.101. The van der Waals surface area contributed by atoms with Crippen LogP contribution in [0.4, 0.5) is 0 Å². The van der Waals surface area contributed by atoms with Gasteiger partial charge in [-0.3, -0.25) is 14.3 Å². The van der Waals surface area contributed by atoms with Gasteiger partial charge in [-0.2, -0.15) is 0 Å². The second-order valence-corrected chi connectivity index (χ2v) is 7.63. The van der Waals surface area contributed by atoms with E-state index in [1.807, 2.05) is 30.3 Å². The molecular formula is C17H18N4O4S. The zero-order chi connectivity index (χ0) is 18.9. The molecule has 1 aromatic carbocycles. The van der Waals surface area contributed by atoms with E-state index in [-0.39, 0.29) is 6.54 Å². The predicted octanol–water partition coefficient (Wildman–Crippen LogP) is 0.153. The molecule has 2 heterocycles. The molecule has 3 rings (SSSR count). The van der Waals surface area contributed by atoms with Crippen molar-refractivity contribution in [1.82, 2.24) is 18.8 Å². The maximum absolute atomic E-state index is 12.5. The van der Waals surface area contributed by atoms with E-state index in [0.29, 0.717) is 6.42 Å². The molecule has 0 radical (unpaired) electrons. The summed E-state index contributed by atoms with van der Waals surface area (Å²) in [5.74, 6) is 0. The first kappa shape index (κ1) is 18.0. The van der Waals surface area contributed by atoms with E-state index in [4.69, 9.17) is 0 Å². The number of pyridine rings is 1. The van der Waals surface area contributed by atoms with Crippen LogP contribution in [0.2, 0.25) is 0 Å². The molecule has 1 N–H and O–H groups in total. The van der Waals surface area contributed by atoms with Crippen molar-refractivity contribution >= 4 is 20.9 Å². The van der Waals surface area contributed by atoms with Crippen LogP contribution in [-0.4, -0.2) is 29.1 Å². The quantitative estimate of drug-likeness (QED) is 0.685. The molecule has 0 saturated carbocycles. The van der Waals surface area contributed by atoms with Crippen molar-refractivity contribution in [2.75, 3.05) is 6.54 Å². The fourth-order valence-corrected chi connectivity index (χ4v) is 3.92. The third-order valence-electron chi connectivity index (χ3n) is 4.11. The van der Waals surface area contributed by atoms with Gasteiger partial charge in [0, 0.05) is 38.4 Å². The number of aryl methyl sites for hydroxylation is 1. The number of aromatic nitrogens is 3. The van der Waals surface area contributed by atoms with Gasteiger partial charge in [-0.1, -0.05) is 24.3 Å². The Hall–Kier alpha value is -2.78. The van der Waals surface area contributed by atoms with Gasteiger partial charge >= 0.3 is 5.69 Å². The van der Waals surface area contributed by atoms with E-state index in [2.05, 4.69) is 9.71 Å². The number of hydrogen-bond donors (Lipinski definition) is 1. The molecule has 26 heavy (non-hydrogen) atoms. The molecule has 9 heteroatoms. The monoisotopic (exact) mass is 374 g/mol. The molecule has 0 saturated heterocycles. The van der Waals surface area contributed by atoms with Gasteiger partial charge in [0.15, 0.2) is 4.90 Å². The van der Waals surface area contributed by atoms with Crippen LogP contribution in [0.25, 0.3) is 10.9 Å². The van der Waals surface area contributed by atoms with E-state index < -0.39 is 26.2 Å². The highest BCUT2D eigenvalue weighted by atomic mass is 32.2. The van der Waals surface area contributed by atoms with Crippen LogP contribution in [0.15, 0.2) is 57.2 Å². The molecule has 2 aromatic heterocycles. The first-order valence-corrected chi connectivity index (χ1v) is 9.38. The summed E-state index contributed by atoms with van der Waals surface area (Å²) in [4.78, 5) is 27.7. The highest BCUT2D eigenvalue weighted by Crippen LogP contribution is 2.16. The van der Waals surface area contributed by atoms with Gasteiger partial charge in [0.25, 0.3) is 5.56 Å². The van der Waals surface area contributed by atoms with E-state index in [9.17, 15) is 18.0 Å². The van der Waals surface area contributed by atoms with Gasteiger partial charge in [-0.05, 0) is 18.1 Å². The fourth-order valence-electron chi connectivity index (χ4n) is 2.73. The molecule has 136 valence electrons. The Labute approximate surface area is 149 Å². The summed E-state index contributed by atoms with van der Waals surface area (Å²) < 4.78 is 29.2. The Kier molecular flexibility index (Phi) is 4.75. The van der Waals surface area contributed by atoms with Crippen molar-refractivity contribution in [3.05, 3.63) is 69.1 Å². The normalized spacial score (nSPS) is 11.8. The number of benzene rings is 1. The Morgan fingerprint density at radius 1 is 1.12 bits per heavy atom. The zero-order valence-electron chi connectivity index (χ0n) is 14.3. The Morgan fingerprint density at radius 3 is 2.62 bits per heavy atom. The van der Waals surface area contributed by atoms with Crippen LogP contribution in [0.1, 0.15) is 5.56 Å². The van der Waals surface area contributed by atoms with Crippen molar-refractivity contribution in [3.8, 4) is 0 Å². The Bertz CT molecular complexity index is 1190. The molecule has 0 bridgehead atoms. The lowest BCUT2D eigenvalue weighted by atomic mass is 10.1. The first-order valence-electron chi connectivity index (χ1n) is 7.90. The number of rotatable bonds is 5. The maximum Gasteiger partial charge on any atom is 0.330 e. The van der Waals surface area contributed by atoms with Gasteiger partial charge in [0.1, 0.15) is 0 Å².